The summed E-state index contributed by atoms with van der Waals surface area (Å²) in [5.74, 6) is 1.54. The Kier molecular flexibility index (Phi) is 2.97. The van der Waals surface area contributed by atoms with Gasteiger partial charge in [-0.3, -0.25) is 4.21 Å². The van der Waals surface area contributed by atoms with E-state index in [1.165, 1.54) is 5.56 Å². The summed E-state index contributed by atoms with van der Waals surface area (Å²) in [5, 5.41) is 0.412. The van der Waals surface area contributed by atoms with Crippen LogP contribution in [0.15, 0.2) is 24.3 Å². The quantitative estimate of drug-likeness (QED) is 0.835. The fraction of sp³-hybridized carbons (Fsp3) is 0.600. The summed E-state index contributed by atoms with van der Waals surface area (Å²) in [6, 6.07) is 8.34. The van der Waals surface area contributed by atoms with Crippen LogP contribution in [-0.2, 0) is 10.8 Å². The number of rotatable bonds is 4. The summed E-state index contributed by atoms with van der Waals surface area (Å²) >= 11 is 0. The lowest BCUT2D eigenvalue weighted by atomic mass is 9.86. The highest BCUT2D eigenvalue weighted by molar-refractivity contribution is 7.85. The summed E-state index contributed by atoms with van der Waals surface area (Å²) < 4.78 is 17.4. The minimum absolute atomic E-state index is 0.311. The van der Waals surface area contributed by atoms with Crippen molar-refractivity contribution in [3.05, 3.63) is 29.8 Å². The normalized spacial score (nSPS) is 34.8. The number of benzene rings is 1. The van der Waals surface area contributed by atoms with Crippen LogP contribution >= 0.6 is 0 Å². The molecule has 4 atom stereocenters. The van der Waals surface area contributed by atoms with E-state index in [-0.39, 0.29) is 0 Å². The van der Waals surface area contributed by atoms with Gasteiger partial charge in [0.05, 0.1) is 6.61 Å². The molecule has 2 aliphatic rings. The third kappa shape index (κ3) is 1.89. The molecule has 1 saturated carbocycles. The van der Waals surface area contributed by atoms with Gasteiger partial charge in [0.25, 0.3) is 0 Å². The third-order valence-corrected chi connectivity index (χ3v) is 6.14. The van der Waals surface area contributed by atoms with Crippen molar-refractivity contribution < 1.29 is 8.95 Å². The predicted octanol–water partition coefficient (Wildman–Crippen LogP) is 3.10. The zero-order valence-corrected chi connectivity index (χ0v) is 11.8. The van der Waals surface area contributed by atoms with Gasteiger partial charge in [0.15, 0.2) is 0 Å². The summed E-state index contributed by atoms with van der Waals surface area (Å²) in [6.45, 7) is 3.03. The zero-order valence-electron chi connectivity index (χ0n) is 11.0. The van der Waals surface area contributed by atoms with Gasteiger partial charge in [-0.1, -0.05) is 25.1 Å². The molecule has 1 aromatic carbocycles. The Labute approximate surface area is 111 Å². The molecule has 0 amide bonds. The molecule has 0 saturated heterocycles. The van der Waals surface area contributed by atoms with E-state index in [1.807, 2.05) is 12.3 Å². The molecule has 1 heterocycles. The van der Waals surface area contributed by atoms with E-state index in [1.54, 1.807) is 0 Å². The standard InChI is InChI=1S/C15H20O2S/c1-3-15(9-14(15)18(2)16)8-11-10-17-13-7-5-4-6-12(11)13/h4-7,11,14H,3,8-10H2,1-2H3. The molecule has 1 aromatic rings. The van der Waals surface area contributed by atoms with Crippen molar-refractivity contribution in [2.24, 2.45) is 5.41 Å². The Morgan fingerprint density at radius 1 is 1.44 bits per heavy atom. The van der Waals surface area contributed by atoms with E-state index in [9.17, 15) is 4.21 Å². The van der Waals surface area contributed by atoms with Crippen LogP contribution in [0.1, 0.15) is 37.7 Å². The van der Waals surface area contributed by atoms with E-state index in [2.05, 4.69) is 25.1 Å². The van der Waals surface area contributed by atoms with Gasteiger partial charge < -0.3 is 4.74 Å². The Morgan fingerprint density at radius 3 is 2.89 bits per heavy atom. The molecule has 3 heteroatoms. The first-order chi connectivity index (χ1) is 8.66. The van der Waals surface area contributed by atoms with Crippen molar-refractivity contribution in [2.75, 3.05) is 12.9 Å². The molecule has 1 fully saturated rings. The molecule has 0 radical (unpaired) electrons. The maximum Gasteiger partial charge on any atom is 0.122 e. The number of hydrogen-bond donors (Lipinski definition) is 0. The molecule has 1 aliphatic carbocycles. The lowest BCUT2D eigenvalue weighted by Crippen LogP contribution is -2.15. The van der Waals surface area contributed by atoms with E-state index in [0.29, 0.717) is 16.6 Å². The van der Waals surface area contributed by atoms with Crippen LogP contribution in [-0.4, -0.2) is 22.3 Å². The van der Waals surface area contributed by atoms with Crippen LogP contribution in [0.4, 0.5) is 0 Å². The smallest absolute Gasteiger partial charge is 0.122 e. The van der Waals surface area contributed by atoms with E-state index in [0.717, 1.165) is 31.6 Å². The summed E-state index contributed by atoms with van der Waals surface area (Å²) in [6.07, 6.45) is 5.24. The highest BCUT2D eigenvalue weighted by atomic mass is 32.2. The molecule has 1 aliphatic heterocycles. The summed E-state index contributed by atoms with van der Waals surface area (Å²) in [7, 11) is -0.674. The maximum atomic E-state index is 11.7. The van der Waals surface area contributed by atoms with E-state index >= 15 is 0 Å². The van der Waals surface area contributed by atoms with Crippen LogP contribution in [0.25, 0.3) is 0 Å². The van der Waals surface area contributed by atoms with E-state index < -0.39 is 10.8 Å². The third-order valence-electron chi connectivity index (χ3n) is 4.67. The summed E-state index contributed by atoms with van der Waals surface area (Å²) in [5.41, 5.74) is 1.66. The lowest BCUT2D eigenvalue weighted by Gasteiger charge is -2.18. The molecule has 98 valence electrons. The maximum absolute atomic E-state index is 11.7. The number of hydrogen-bond acceptors (Lipinski definition) is 2. The van der Waals surface area contributed by atoms with Gasteiger partial charge in [0, 0.05) is 33.8 Å². The van der Waals surface area contributed by atoms with Crippen LogP contribution in [0, 0.1) is 5.41 Å². The predicted molar refractivity (Wildman–Crippen MR) is 74.5 cm³/mol. The molecular formula is C15H20O2S. The lowest BCUT2D eigenvalue weighted by molar-refractivity contribution is 0.297. The molecular weight excluding hydrogens is 244 g/mol. The Bertz CT molecular complexity index is 485. The average Bonchev–Trinajstić information content (AvgIpc) is 2.97. The SMILES string of the molecule is CCC1(CC2COc3ccccc32)CC1S(C)=O. The van der Waals surface area contributed by atoms with Gasteiger partial charge in [-0.15, -0.1) is 0 Å². The van der Waals surface area contributed by atoms with Crippen LogP contribution in [0.2, 0.25) is 0 Å². The van der Waals surface area contributed by atoms with Gasteiger partial charge >= 0.3 is 0 Å². The van der Waals surface area contributed by atoms with Crippen molar-refractivity contribution in [1.29, 1.82) is 0 Å². The fourth-order valence-corrected chi connectivity index (χ4v) is 4.93. The van der Waals surface area contributed by atoms with Gasteiger partial charge in [-0.05, 0) is 30.7 Å². The fourth-order valence-electron chi connectivity index (χ4n) is 3.40. The second-order valence-corrected chi connectivity index (χ2v) is 7.22. The monoisotopic (exact) mass is 264 g/mol. The van der Waals surface area contributed by atoms with E-state index in [4.69, 9.17) is 4.74 Å². The van der Waals surface area contributed by atoms with Crippen molar-refractivity contribution >= 4 is 10.8 Å². The Hall–Kier alpha value is -0.830. The molecule has 0 spiro atoms. The Morgan fingerprint density at radius 2 is 2.22 bits per heavy atom. The topological polar surface area (TPSA) is 26.3 Å². The van der Waals surface area contributed by atoms with Crippen molar-refractivity contribution in [3.63, 3.8) is 0 Å². The Balaban J connectivity index is 1.77. The molecule has 2 nitrogen and oxygen atoms in total. The first-order valence-corrected chi connectivity index (χ1v) is 8.32. The zero-order chi connectivity index (χ0) is 12.8. The second kappa shape index (κ2) is 4.37. The molecule has 4 unspecified atom stereocenters. The molecule has 18 heavy (non-hydrogen) atoms. The first kappa shape index (κ1) is 12.2. The highest BCUT2D eigenvalue weighted by Crippen LogP contribution is 2.58. The van der Waals surface area contributed by atoms with Crippen molar-refractivity contribution in [2.45, 2.75) is 37.4 Å². The summed E-state index contributed by atoms with van der Waals surface area (Å²) in [4.78, 5) is 0. The second-order valence-electron chi connectivity index (χ2n) is 5.66. The molecule has 0 aromatic heterocycles. The molecule has 3 rings (SSSR count). The van der Waals surface area contributed by atoms with Crippen molar-refractivity contribution in [3.8, 4) is 5.75 Å². The van der Waals surface area contributed by atoms with Crippen LogP contribution in [0.5, 0.6) is 5.75 Å². The van der Waals surface area contributed by atoms with Gasteiger partial charge in [0.2, 0.25) is 0 Å². The van der Waals surface area contributed by atoms with Crippen molar-refractivity contribution in [1.82, 2.24) is 0 Å². The average molecular weight is 264 g/mol. The minimum atomic E-state index is -0.674. The molecule has 0 bridgehead atoms. The minimum Gasteiger partial charge on any atom is -0.493 e. The number of fused-ring (bicyclic) bond motifs is 1. The highest BCUT2D eigenvalue weighted by Gasteiger charge is 2.56. The molecule has 0 N–H and O–H groups in total. The van der Waals surface area contributed by atoms with Crippen LogP contribution < -0.4 is 4.74 Å². The van der Waals surface area contributed by atoms with Gasteiger partial charge in [0.1, 0.15) is 5.75 Å². The largest absolute Gasteiger partial charge is 0.493 e. The van der Waals surface area contributed by atoms with Gasteiger partial charge in [-0.2, -0.15) is 0 Å². The van der Waals surface area contributed by atoms with Crippen LogP contribution in [0.3, 0.4) is 0 Å². The first-order valence-electron chi connectivity index (χ1n) is 6.70. The number of ether oxygens (including phenoxy) is 1. The number of para-hydroxylation sites is 1. The van der Waals surface area contributed by atoms with Gasteiger partial charge in [-0.25, -0.2) is 0 Å².